The van der Waals surface area contributed by atoms with Gasteiger partial charge in [0.2, 0.25) is 0 Å². The van der Waals surface area contributed by atoms with Gasteiger partial charge < -0.3 is 5.11 Å². The van der Waals surface area contributed by atoms with E-state index in [4.69, 9.17) is 10.1 Å². The summed E-state index contributed by atoms with van der Waals surface area (Å²) in [6, 6.07) is 0. The van der Waals surface area contributed by atoms with Gasteiger partial charge in [0.15, 0.2) is 11.5 Å². The van der Waals surface area contributed by atoms with Gasteiger partial charge in [0.1, 0.15) is 10.7 Å². The highest BCUT2D eigenvalue weighted by Crippen LogP contribution is 2.42. The number of hydrogen-bond acceptors (Lipinski definition) is 5. The predicted octanol–water partition coefficient (Wildman–Crippen LogP) is 3.10. The van der Waals surface area contributed by atoms with E-state index in [1.807, 2.05) is 6.92 Å². The van der Waals surface area contributed by atoms with Crippen LogP contribution in [0.25, 0.3) is 15.9 Å². The minimum atomic E-state index is -0.828. The average Bonchev–Trinajstić information content (AvgIpc) is 3.06. The Hall–Kier alpha value is -2.02. The van der Waals surface area contributed by atoms with Crippen molar-refractivity contribution in [2.75, 3.05) is 0 Å². The van der Waals surface area contributed by atoms with Crippen LogP contribution in [0.15, 0.2) is 0 Å². The van der Waals surface area contributed by atoms with Crippen LogP contribution >= 0.6 is 11.3 Å². The molecule has 0 saturated carbocycles. The minimum absolute atomic E-state index is 0.0463. The van der Waals surface area contributed by atoms with Crippen molar-refractivity contribution in [3.8, 4) is 0 Å². The molecular weight excluding hydrogens is 312 g/mol. The lowest BCUT2D eigenvalue weighted by Crippen LogP contribution is -2.05. The Balaban J connectivity index is 1.95. The second-order valence-electron chi connectivity index (χ2n) is 6.23. The lowest BCUT2D eigenvalue weighted by molar-refractivity contribution is -0.137. The number of rotatable bonds is 3. The first kappa shape index (κ1) is 14.6. The summed E-state index contributed by atoms with van der Waals surface area (Å²) in [6.07, 6.45) is 3.93. The van der Waals surface area contributed by atoms with Gasteiger partial charge in [-0.05, 0) is 37.7 Å². The highest BCUT2D eigenvalue weighted by Gasteiger charge is 2.26. The molecule has 4 rings (SSSR count). The molecule has 0 fully saturated rings. The monoisotopic (exact) mass is 330 g/mol. The minimum Gasteiger partial charge on any atom is -0.481 e. The number of carboxylic acid groups (broad SMARTS) is 1. The topological polar surface area (TPSA) is 80.4 Å². The summed E-state index contributed by atoms with van der Waals surface area (Å²) in [5.41, 5.74) is 2.21. The molecule has 3 aromatic rings. The van der Waals surface area contributed by atoms with Crippen LogP contribution in [0.4, 0.5) is 0 Å². The second-order valence-corrected chi connectivity index (χ2v) is 7.31. The Morgan fingerprint density at radius 1 is 1.43 bits per heavy atom. The van der Waals surface area contributed by atoms with Crippen LogP contribution in [-0.4, -0.2) is 30.7 Å². The quantitative estimate of drug-likeness (QED) is 0.798. The Morgan fingerprint density at radius 2 is 2.26 bits per heavy atom. The van der Waals surface area contributed by atoms with E-state index in [1.54, 1.807) is 15.9 Å². The van der Waals surface area contributed by atoms with Crippen LogP contribution in [0.5, 0.6) is 0 Å². The molecule has 0 aliphatic heterocycles. The summed E-state index contributed by atoms with van der Waals surface area (Å²) in [4.78, 5) is 22.6. The summed E-state index contributed by atoms with van der Waals surface area (Å²) in [7, 11) is 0. The summed E-state index contributed by atoms with van der Waals surface area (Å²) < 4.78 is 1.77. The number of aryl methyl sites for hydroxylation is 3. The fourth-order valence-corrected chi connectivity index (χ4v) is 4.83. The zero-order valence-electron chi connectivity index (χ0n) is 13.2. The molecule has 1 N–H and O–H groups in total. The van der Waals surface area contributed by atoms with Gasteiger partial charge in [-0.15, -0.1) is 16.4 Å². The third kappa shape index (κ3) is 2.30. The van der Waals surface area contributed by atoms with Crippen molar-refractivity contribution in [2.45, 2.75) is 51.9 Å². The van der Waals surface area contributed by atoms with E-state index < -0.39 is 5.97 Å². The molecule has 120 valence electrons. The van der Waals surface area contributed by atoms with E-state index in [2.05, 4.69) is 17.0 Å². The highest BCUT2D eigenvalue weighted by atomic mass is 32.1. The van der Waals surface area contributed by atoms with Crippen LogP contribution in [0.2, 0.25) is 0 Å². The van der Waals surface area contributed by atoms with Crippen LogP contribution < -0.4 is 0 Å². The van der Waals surface area contributed by atoms with Crippen molar-refractivity contribution in [3.05, 3.63) is 22.1 Å². The Morgan fingerprint density at radius 3 is 3.04 bits per heavy atom. The number of thiophene rings is 1. The van der Waals surface area contributed by atoms with Gasteiger partial charge in [-0.3, -0.25) is 4.79 Å². The van der Waals surface area contributed by atoms with Crippen LogP contribution in [-0.2, 0) is 17.6 Å². The van der Waals surface area contributed by atoms with Crippen molar-refractivity contribution in [2.24, 2.45) is 0 Å². The van der Waals surface area contributed by atoms with Crippen LogP contribution in [0, 0.1) is 6.92 Å². The van der Waals surface area contributed by atoms with Crippen molar-refractivity contribution in [3.63, 3.8) is 0 Å². The van der Waals surface area contributed by atoms with Crippen molar-refractivity contribution < 1.29 is 9.90 Å². The van der Waals surface area contributed by atoms with Crippen molar-refractivity contribution in [1.29, 1.82) is 0 Å². The first-order valence-electron chi connectivity index (χ1n) is 7.94. The number of fused-ring (bicyclic) bond motifs is 5. The van der Waals surface area contributed by atoms with Crippen LogP contribution in [0.1, 0.15) is 54.2 Å². The molecule has 1 aliphatic carbocycles. The molecule has 0 radical (unpaired) electrons. The van der Waals surface area contributed by atoms with E-state index in [9.17, 15) is 4.79 Å². The smallest absolute Gasteiger partial charge is 0.303 e. The van der Waals surface area contributed by atoms with Gasteiger partial charge in [0.25, 0.3) is 0 Å². The molecule has 0 amide bonds. The van der Waals surface area contributed by atoms with Gasteiger partial charge in [0, 0.05) is 11.3 Å². The van der Waals surface area contributed by atoms with E-state index in [1.165, 1.54) is 23.3 Å². The Bertz CT molecular complexity index is 927. The number of carbonyl (C=O) groups is 1. The predicted molar refractivity (Wildman–Crippen MR) is 88.2 cm³/mol. The maximum absolute atomic E-state index is 10.8. The Kier molecular flexibility index (Phi) is 3.33. The maximum atomic E-state index is 10.8. The summed E-state index contributed by atoms with van der Waals surface area (Å²) >= 11 is 1.77. The first-order valence-corrected chi connectivity index (χ1v) is 8.75. The molecule has 3 heterocycles. The normalized spacial score (nSPS) is 17.7. The zero-order valence-corrected chi connectivity index (χ0v) is 14.0. The molecule has 0 spiro atoms. The largest absolute Gasteiger partial charge is 0.481 e. The zero-order chi connectivity index (χ0) is 16.1. The number of aromatic nitrogens is 4. The van der Waals surface area contributed by atoms with Crippen molar-refractivity contribution in [1.82, 2.24) is 19.6 Å². The molecular formula is C16H18N4O2S. The number of nitrogens with zero attached hydrogens (tertiary/aromatic N) is 4. The van der Waals surface area contributed by atoms with Gasteiger partial charge in [-0.2, -0.15) is 4.52 Å². The molecule has 0 saturated heterocycles. The molecule has 23 heavy (non-hydrogen) atoms. The van der Waals surface area contributed by atoms with Gasteiger partial charge in [-0.25, -0.2) is 9.97 Å². The van der Waals surface area contributed by atoms with Gasteiger partial charge in [-0.1, -0.05) is 6.92 Å². The molecule has 0 aromatic carbocycles. The SMILES string of the molecule is Cc1nc2sc3c(c2c2nc(CCC(=O)O)nn12)[C@@H](C)CCC3. The van der Waals surface area contributed by atoms with Gasteiger partial charge in [0.05, 0.1) is 11.8 Å². The maximum Gasteiger partial charge on any atom is 0.303 e. The van der Waals surface area contributed by atoms with E-state index in [-0.39, 0.29) is 6.42 Å². The first-order chi connectivity index (χ1) is 11.0. The fourth-order valence-electron chi connectivity index (χ4n) is 3.45. The van der Waals surface area contributed by atoms with E-state index in [0.29, 0.717) is 18.2 Å². The average molecular weight is 330 g/mol. The molecule has 1 aliphatic rings. The molecule has 0 unspecified atom stereocenters. The number of hydrogen-bond donors (Lipinski definition) is 1. The second kappa shape index (κ2) is 5.26. The lowest BCUT2D eigenvalue weighted by Gasteiger charge is -2.18. The molecule has 6 nitrogen and oxygen atoms in total. The summed E-state index contributed by atoms with van der Waals surface area (Å²) in [5.74, 6) is 1.06. The van der Waals surface area contributed by atoms with Crippen LogP contribution in [0.3, 0.4) is 0 Å². The molecule has 0 bridgehead atoms. The highest BCUT2D eigenvalue weighted by molar-refractivity contribution is 7.19. The third-order valence-corrected chi connectivity index (χ3v) is 5.70. The molecule has 1 atom stereocenters. The lowest BCUT2D eigenvalue weighted by atomic mass is 9.87. The number of carboxylic acids is 1. The standard InChI is InChI=1S/C16H18N4O2S/c1-8-4-3-5-10-13(8)14-15-18-11(6-7-12(21)22)19-20(15)9(2)17-16(14)23-10/h8H,3-7H2,1-2H3,(H,21,22)/t8-/m0/s1. The van der Waals surface area contributed by atoms with E-state index >= 15 is 0 Å². The number of aliphatic carboxylic acids is 1. The van der Waals surface area contributed by atoms with Gasteiger partial charge >= 0.3 is 5.97 Å². The Labute approximate surface area is 137 Å². The summed E-state index contributed by atoms with van der Waals surface area (Å²) in [5, 5.41) is 14.5. The molecule has 7 heteroatoms. The summed E-state index contributed by atoms with van der Waals surface area (Å²) in [6.45, 7) is 4.19. The molecule has 3 aromatic heterocycles. The third-order valence-electron chi connectivity index (χ3n) is 4.54. The van der Waals surface area contributed by atoms with E-state index in [0.717, 1.165) is 28.1 Å². The fraction of sp³-hybridized carbons (Fsp3) is 0.500. The van der Waals surface area contributed by atoms with Crippen molar-refractivity contribution >= 4 is 33.2 Å².